The molecule has 17 heavy (non-hydrogen) atoms. The normalized spacial score (nSPS) is 40.1. The third kappa shape index (κ3) is 2.26. The average Bonchev–Trinajstić information content (AvgIpc) is 2.87. The molecule has 2 heteroatoms. The Morgan fingerprint density at radius 1 is 1.24 bits per heavy atom. The van der Waals surface area contributed by atoms with E-state index in [1.54, 1.807) is 0 Å². The summed E-state index contributed by atoms with van der Waals surface area (Å²) in [6, 6.07) is 0.658. The van der Waals surface area contributed by atoms with Crippen LogP contribution in [0.3, 0.4) is 0 Å². The fourth-order valence-corrected chi connectivity index (χ4v) is 4.33. The van der Waals surface area contributed by atoms with E-state index < -0.39 is 0 Å². The summed E-state index contributed by atoms with van der Waals surface area (Å²) in [6.07, 6.45) is 10.3. The van der Waals surface area contributed by atoms with Crippen molar-refractivity contribution >= 4 is 0 Å². The van der Waals surface area contributed by atoms with Gasteiger partial charge in [-0.3, -0.25) is 0 Å². The third-order valence-corrected chi connectivity index (χ3v) is 5.20. The molecular weight excluding hydrogens is 210 g/mol. The van der Waals surface area contributed by atoms with E-state index in [1.807, 2.05) is 0 Å². The molecule has 0 radical (unpaired) electrons. The number of rotatable bonds is 2. The smallest absolute Gasteiger partial charge is 0.0627 e. The van der Waals surface area contributed by atoms with E-state index in [2.05, 4.69) is 19.2 Å². The quantitative estimate of drug-likeness (QED) is 0.797. The van der Waals surface area contributed by atoms with Crippen molar-refractivity contribution < 1.29 is 4.74 Å². The van der Waals surface area contributed by atoms with Gasteiger partial charge in [-0.2, -0.15) is 0 Å². The minimum atomic E-state index is 0.511. The first kappa shape index (κ1) is 12.0. The zero-order chi connectivity index (χ0) is 11.9. The van der Waals surface area contributed by atoms with E-state index in [0.29, 0.717) is 17.7 Å². The first-order chi connectivity index (χ1) is 8.19. The van der Waals surface area contributed by atoms with Gasteiger partial charge in [-0.1, -0.05) is 26.7 Å². The summed E-state index contributed by atoms with van der Waals surface area (Å²) in [5, 5.41) is 3.97. The maximum Gasteiger partial charge on any atom is 0.0627 e. The Kier molecular flexibility index (Phi) is 3.20. The number of ether oxygens (including phenoxy) is 1. The summed E-state index contributed by atoms with van der Waals surface area (Å²) in [5.74, 6) is 1.56. The van der Waals surface area contributed by atoms with Crippen molar-refractivity contribution in [2.45, 2.75) is 76.5 Å². The summed E-state index contributed by atoms with van der Waals surface area (Å²) in [6.45, 7) is 5.58. The lowest BCUT2D eigenvalue weighted by molar-refractivity contribution is 0.0687. The van der Waals surface area contributed by atoms with Crippen LogP contribution in [0, 0.1) is 11.8 Å². The van der Waals surface area contributed by atoms with Gasteiger partial charge in [0.25, 0.3) is 0 Å². The number of nitrogens with one attached hydrogen (secondary N) is 1. The van der Waals surface area contributed by atoms with Crippen molar-refractivity contribution in [2.75, 3.05) is 6.61 Å². The molecule has 2 aliphatic heterocycles. The largest absolute Gasteiger partial charge is 0.376 e. The molecular formula is C15H27NO. The second-order valence-corrected chi connectivity index (χ2v) is 6.94. The van der Waals surface area contributed by atoms with Crippen LogP contribution in [0.1, 0.15) is 58.8 Å². The molecule has 3 fully saturated rings. The van der Waals surface area contributed by atoms with Crippen molar-refractivity contribution in [3.05, 3.63) is 0 Å². The highest BCUT2D eigenvalue weighted by atomic mass is 16.5. The first-order valence-corrected chi connectivity index (χ1v) is 7.58. The van der Waals surface area contributed by atoms with Gasteiger partial charge < -0.3 is 10.1 Å². The van der Waals surface area contributed by atoms with Crippen molar-refractivity contribution in [3.8, 4) is 0 Å². The molecule has 1 N–H and O–H groups in total. The lowest BCUT2D eigenvalue weighted by Crippen LogP contribution is -2.56. The molecule has 3 rings (SSSR count). The lowest BCUT2D eigenvalue weighted by atomic mass is 9.77. The predicted octanol–water partition coefficient (Wildman–Crippen LogP) is 3.11. The standard InChI is InChI=1S/C15H27NO/c1-11(2)9-14-12-5-8-15(6-3-4-7-15)16-13(12)10-17-14/h11-14,16H,3-10H2,1-2H3. The van der Waals surface area contributed by atoms with Crippen molar-refractivity contribution in [1.29, 1.82) is 0 Å². The summed E-state index contributed by atoms with van der Waals surface area (Å²) in [7, 11) is 0. The van der Waals surface area contributed by atoms with Crippen molar-refractivity contribution in [3.63, 3.8) is 0 Å². The SMILES string of the molecule is CC(C)CC1OCC2NC3(CCCC3)CCC21. The molecule has 98 valence electrons. The van der Waals surface area contributed by atoms with Crippen LogP contribution in [-0.4, -0.2) is 24.3 Å². The van der Waals surface area contributed by atoms with Gasteiger partial charge in [-0.25, -0.2) is 0 Å². The molecule has 2 saturated heterocycles. The molecule has 3 atom stereocenters. The molecule has 3 unspecified atom stereocenters. The molecule has 0 aromatic rings. The molecule has 2 nitrogen and oxygen atoms in total. The van der Waals surface area contributed by atoms with Gasteiger partial charge in [0, 0.05) is 17.5 Å². The number of fused-ring (bicyclic) bond motifs is 1. The molecule has 0 aromatic carbocycles. The second-order valence-electron chi connectivity index (χ2n) is 6.94. The molecule has 3 aliphatic rings. The van der Waals surface area contributed by atoms with E-state index in [0.717, 1.165) is 18.4 Å². The maximum absolute atomic E-state index is 6.05. The van der Waals surface area contributed by atoms with Gasteiger partial charge in [-0.05, 0) is 38.0 Å². The van der Waals surface area contributed by atoms with Crippen LogP contribution in [0.4, 0.5) is 0 Å². The summed E-state index contributed by atoms with van der Waals surface area (Å²) >= 11 is 0. The Morgan fingerprint density at radius 2 is 2.00 bits per heavy atom. The van der Waals surface area contributed by atoms with Crippen molar-refractivity contribution in [2.24, 2.45) is 11.8 Å². The fourth-order valence-electron chi connectivity index (χ4n) is 4.33. The summed E-state index contributed by atoms with van der Waals surface area (Å²) in [4.78, 5) is 0. The van der Waals surface area contributed by atoms with E-state index >= 15 is 0 Å². The van der Waals surface area contributed by atoms with Crippen LogP contribution >= 0.6 is 0 Å². The number of piperidine rings is 1. The lowest BCUT2D eigenvalue weighted by Gasteiger charge is -2.42. The van der Waals surface area contributed by atoms with Gasteiger partial charge >= 0.3 is 0 Å². The molecule has 0 bridgehead atoms. The zero-order valence-electron chi connectivity index (χ0n) is 11.4. The number of hydrogen-bond acceptors (Lipinski definition) is 2. The predicted molar refractivity (Wildman–Crippen MR) is 70.0 cm³/mol. The average molecular weight is 237 g/mol. The molecule has 0 aromatic heterocycles. The van der Waals surface area contributed by atoms with Crippen LogP contribution in [0.2, 0.25) is 0 Å². The molecule has 0 amide bonds. The fraction of sp³-hybridized carbons (Fsp3) is 1.00. The van der Waals surface area contributed by atoms with Gasteiger partial charge in [0.05, 0.1) is 12.7 Å². The van der Waals surface area contributed by atoms with Crippen LogP contribution in [0.25, 0.3) is 0 Å². The van der Waals surface area contributed by atoms with Crippen LogP contribution in [0.15, 0.2) is 0 Å². The highest BCUT2D eigenvalue weighted by Gasteiger charge is 2.47. The Hall–Kier alpha value is -0.0800. The van der Waals surface area contributed by atoms with Crippen LogP contribution < -0.4 is 5.32 Å². The summed E-state index contributed by atoms with van der Waals surface area (Å²) < 4.78 is 6.05. The maximum atomic E-state index is 6.05. The Labute approximate surface area is 105 Å². The third-order valence-electron chi connectivity index (χ3n) is 5.20. The minimum absolute atomic E-state index is 0.511. The van der Waals surface area contributed by atoms with Crippen LogP contribution in [-0.2, 0) is 4.74 Å². The highest BCUT2D eigenvalue weighted by molar-refractivity contribution is 5.04. The van der Waals surface area contributed by atoms with E-state index in [9.17, 15) is 0 Å². The Bertz CT molecular complexity index is 270. The van der Waals surface area contributed by atoms with Gasteiger partial charge in [0.15, 0.2) is 0 Å². The van der Waals surface area contributed by atoms with Crippen molar-refractivity contribution in [1.82, 2.24) is 5.32 Å². The minimum Gasteiger partial charge on any atom is -0.376 e. The van der Waals surface area contributed by atoms with Gasteiger partial charge in [-0.15, -0.1) is 0 Å². The Morgan fingerprint density at radius 3 is 2.71 bits per heavy atom. The molecule has 2 heterocycles. The summed E-state index contributed by atoms with van der Waals surface area (Å²) in [5.41, 5.74) is 0.511. The molecule has 1 saturated carbocycles. The molecule has 1 spiro atoms. The van der Waals surface area contributed by atoms with E-state index in [4.69, 9.17) is 4.74 Å². The van der Waals surface area contributed by atoms with E-state index in [1.165, 1.54) is 44.9 Å². The molecule has 1 aliphatic carbocycles. The Balaban J connectivity index is 1.63. The van der Waals surface area contributed by atoms with Crippen LogP contribution in [0.5, 0.6) is 0 Å². The number of hydrogen-bond donors (Lipinski definition) is 1. The second kappa shape index (κ2) is 4.55. The van der Waals surface area contributed by atoms with E-state index in [-0.39, 0.29) is 0 Å². The topological polar surface area (TPSA) is 21.3 Å². The first-order valence-electron chi connectivity index (χ1n) is 7.58. The zero-order valence-corrected chi connectivity index (χ0v) is 11.4. The monoisotopic (exact) mass is 237 g/mol. The van der Waals surface area contributed by atoms with Gasteiger partial charge in [0.1, 0.15) is 0 Å². The highest BCUT2D eigenvalue weighted by Crippen LogP contribution is 2.43. The van der Waals surface area contributed by atoms with Gasteiger partial charge in [0.2, 0.25) is 0 Å².